The number of alkyl halides is 1. The van der Waals surface area contributed by atoms with Crippen LogP contribution in [-0.4, -0.2) is 5.33 Å². The molecule has 11 heavy (non-hydrogen) atoms. The average Bonchev–Trinajstić information content (AvgIpc) is 2.40. The second-order valence-corrected chi connectivity index (χ2v) is 3.24. The average molecular weight is 215 g/mol. The van der Waals surface area contributed by atoms with Gasteiger partial charge in [-0.3, -0.25) is 0 Å². The molecule has 0 aliphatic carbocycles. The third-order valence-corrected chi connectivity index (χ3v) is 1.82. The first kappa shape index (κ1) is 8.60. The fourth-order valence-electron chi connectivity index (χ4n) is 0.837. The van der Waals surface area contributed by atoms with Crippen LogP contribution in [0.25, 0.3) is 6.08 Å². The van der Waals surface area contributed by atoms with Gasteiger partial charge in [-0.05, 0) is 31.6 Å². The van der Waals surface area contributed by atoms with E-state index in [9.17, 15) is 0 Å². The van der Waals surface area contributed by atoms with Crippen LogP contribution in [0.15, 0.2) is 28.4 Å². The van der Waals surface area contributed by atoms with E-state index in [4.69, 9.17) is 4.42 Å². The van der Waals surface area contributed by atoms with Gasteiger partial charge >= 0.3 is 0 Å². The summed E-state index contributed by atoms with van der Waals surface area (Å²) >= 11 is 3.38. The molecule has 60 valence electrons. The molecule has 2 heteroatoms. The molecule has 0 saturated carbocycles. The Labute approximate surface area is 75.2 Å². The lowest BCUT2D eigenvalue weighted by molar-refractivity contribution is 0.556. The Morgan fingerprint density at radius 2 is 2.55 bits per heavy atom. The summed E-state index contributed by atoms with van der Waals surface area (Å²) in [4.78, 5) is 0. The van der Waals surface area contributed by atoms with Gasteiger partial charge < -0.3 is 4.42 Å². The van der Waals surface area contributed by atoms with Crippen molar-refractivity contribution in [3.05, 3.63) is 29.7 Å². The zero-order valence-electron chi connectivity index (χ0n) is 6.51. The largest absolute Gasteiger partial charge is 0.465 e. The quantitative estimate of drug-likeness (QED) is 0.703. The highest BCUT2D eigenvalue weighted by atomic mass is 79.9. The van der Waals surface area contributed by atoms with Gasteiger partial charge in [0.05, 0.1) is 6.26 Å². The standard InChI is InChI=1S/C9H11BrO/c1-8(4-5-10)7-9-3-2-6-11-9/h2-3,6-7H,4-5H2,1H3/b8-7+. The normalized spacial score (nSPS) is 12.0. The summed E-state index contributed by atoms with van der Waals surface area (Å²) in [6.45, 7) is 2.10. The summed E-state index contributed by atoms with van der Waals surface area (Å²) < 4.78 is 5.16. The smallest absolute Gasteiger partial charge is 0.126 e. The summed E-state index contributed by atoms with van der Waals surface area (Å²) in [5.41, 5.74) is 1.33. The highest BCUT2D eigenvalue weighted by molar-refractivity contribution is 9.09. The Hall–Kier alpha value is -0.500. The zero-order valence-corrected chi connectivity index (χ0v) is 8.10. The van der Waals surface area contributed by atoms with Crippen molar-refractivity contribution in [3.8, 4) is 0 Å². The maximum atomic E-state index is 5.16. The first-order valence-electron chi connectivity index (χ1n) is 3.59. The number of hydrogen-bond donors (Lipinski definition) is 0. The van der Waals surface area contributed by atoms with Gasteiger partial charge in [-0.1, -0.05) is 21.5 Å². The molecule has 0 amide bonds. The van der Waals surface area contributed by atoms with Gasteiger partial charge in [0.2, 0.25) is 0 Å². The van der Waals surface area contributed by atoms with E-state index in [2.05, 4.69) is 28.9 Å². The fraction of sp³-hybridized carbons (Fsp3) is 0.333. The van der Waals surface area contributed by atoms with E-state index in [1.165, 1.54) is 5.57 Å². The van der Waals surface area contributed by atoms with Crippen LogP contribution in [0.5, 0.6) is 0 Å². The van der Waals surface area contributed by atoms with Crippen molar-refractivity contribution in [1.29, 1.82) is 0 Å². The molecular weight excluding hydrogens is 204 g/mol. The van der Waals surface area contributed by atoms with E-state index >= 15 is 0 Å². The van der Waals surface area contributed by atoms with Gasteiger partial charge in [-0.25, -0.2) is 0 Å². The molecule has 0 saturated heterocycles. The van der Waals surface area contributed by atoms with Crippen LogP contribution in [0.2, 0.25) is 0 Å². The van der Waals surface area contributed by atoms with Gasteiger partial charge in [0.1, 0.15) is 5.76 Å². The Bertz CT molecular complexity index is 224. The molecule has 0 unspecified atom stereocenters. The summed E-state index contributed by atoms with van der Waals surface area (Å²) in [6.07, 6.45) is 4.81. The minimum atomic E-state index is 0.934. The van der Waals surface area contributed by atoms with Crippen LogP contribution in [0, 0.1) is 0 Å². The molecule has 0 aliphatic rings. The van der Waals surface area contributed by atoms with Crippen LogP contribution in [-0.2, 0) is 0 Å². The maximum absolute atomic E-state index is 5.16. The number of rotatable bonds is 3. The van der Waals surface area contributed by atoms with Gasteiger partial charge in [0.25, 0.3) is 0 Å². The van der Waals surface area contributed by atoms with E-state index in [0.29, 0.717) is 0 Å². The maximum Gasteiger partial charge on any atom is 0.126 e. The minimum absolute atomic E-state index is 0.934. The van der Waals surface area contributed by atoms with Crippen molar-refractivity contribution >= 4 is 22.0 Å². The van der Waals surface area contributed by atoms with E-state index < -0.39 is 0 Å². The zero-order chi connectivity index (χ0) is 8.10. The van der Waals surface area contributed by atoms with Gasteiger partial charge in [-0.15, -0.1) is 0 Å². The molecule has 1 aromatic heterocycles. The summed E-state index contributed by atoms with van der Waals surface area (Å²) in [6, 6.07) is 3.85. The molecule has 1 nitrogen and oxygen atoms in total. The van der Waals surface area contributed by atoms with E-state index in [-0.39, 0.29) is 0 Å². The first-order chi connectivity index (χ1) is 5.33. The molecule has 0 spiro atoms. The number of furan rings is 1. The van der Waals surface area contributed by atoms with Crippen LogP contribution < -0.4 is 0 Å². The van der Waals surface area contributed by atoms with Gasteiger partial charge in [0, 0.05) is 5.33 Å². The molecule has 1 heterocycles. The fourth-order valence-corrected chi connectivity index (χ4v) is 1.46. The van der Waals surface area contributed by atoms with Crippen LogP contribution >= 0.6 is 15.9 Å². The Balaban J connectivity index is 2.58. The third-order valence-electron chi connectivity index (χ3n) is 1.42. The van der Waals surface area contributed by atoms with E-state index in [1.807, 2.05) is 12.1 Å². The summed E-state index contributed by atoms with van der Waals surface area (Å²) in [5, 5.41) is 1.01. The van der Waals surface area contributed by atoms with Gasteiger partial charge in [-0.2, -0.15) is 0 Å². The predicted octanol–water partition coefficient (Wildman–Crippen LogP) is 3.47. The monoisotopic (exact) mass is 214 g/mol. The van der Waals surface area contributed by atoms with Crippen molar-refractivity contribution in [2.75, 3.05) is 5.33 Å². The lowest BCUT2D eigenvalue weighted by Crippen LogP contribution is -1.76. The molecular formula is C9H11BrO. The van der Waals surface area contributed by atoms with Gasteiger partial charge in [0.15, 0.2) is 0 Å². The van der Waals surface area contributed by atoms with Crippen LogP contribution in [0.1, 0.15) is 19.1 Å². The molecule has 0 aromatic carbocycles. The van der Waals surface area contributed by atoms with Crippen molar-refractivity contribution < 1.29 is 4.42 Å². The van der Waals surface area contributed by atoms with Crippen molar-refractivity contribution in [1.82, 2.24) is 0 Å². The lowest BCUT2D eigenvalue weighted by atomic mass is 10.2. The highest BCUT2D eigenvalue weighted by Gasteiger charge is 1.91. The number of allylic oxidation sites excluding steroid dienone is 1. The van der Waals surface area contributed by atoms with Crippen molar-refractivity contribution in [2.45, 2.75) is 13.3 Å². The molecule has 0 radical (unpaired) electrons. The highest BCUT2D eigenvalue weighted by Crippen LogP contribution is 2.10. The molecule has 0 bridgehead atoms. The second kappa shape index (κ2) is 4.39. The van der Waals surface area contributed by atoms with Crippen LogP contribution in [0.4, 0.5) is 0 Å². The molecule has 0 N–H and O–H groups in total. The third kappa shape index (κ3) is 2.93. The predicted molar refractivity (Wildman–Crippen MR) is 50.8 cm³/mol. The lowest BCUT2D eigenvalue weighted by Gasteiger charge is -1.93. The van der Waals surface area contributed by atoms with Crippen molar-refractivity contribution in [2.24, 2.45) is 0 Å². The van der Waals surface area contributed by atoms with Crippen LogP contribution in [0.3, 0.4) is 0 Å². The van der Waals surface area contributed by atoms with E-state index in [0.717, 1.165) is 17.5 Å². The minimum Gasteiger partial charge on any atom is -0.465 e. The van der Waals surface area contributed by atoms with Crippen molar-refractivity contribution in [3.63, 3.8) is 0 Å². The molecule has 0 atom stereocenters. The molecule has 0 fully saturated rings. The summed E-state index contributed by atoms with van der Waals surface area (Å²) in [7, 11) is 0. The second-order valence-electron chi connectivity index (χ2n) is 2.45. The Morgan fingerprint density at radius 3 is 3.09 bits per heavy atom. The SMILES string of the molecule is C/C(=C\c1ccco1)CCBr. The molecule has 0 aliphatic heterocycles. The molecule has 1 aromatic rings. The summed E-state index contributed by atoms with van der Waals surface area (Å²) in [5.74, 6) is 0.934. The Morgan fingerprint density at radius 1 is 1.73 bits per heavy atom. The number of halogens is 1. The topological polar surface area (TPSA) is 13.1 Å². The first-order valence-corrected chi connectivity index (χ1v) is 4.71. The Kier molecular flexibility index (Phi) is 3.43. The van der Waals surface area contributed by atoms with E-state index in [1.54, 1.807) is 6.26 Å². The molecule has 1 rings (SSSR count). The number of hydrogen-bond acceptors (Lipinski definition) is 1.